The minimum atomic E-state index is -1.27. The molecule has 0 saturated carbocycles. The van der Waals surface area contributed by atoms with Crippen molar-refractivity contribution in [2.45, 2.75) is 52.7 Å². The first-order valence-corrected chi connectivity index (χ1v) is 13.8. The molecule has 0 fully saturated rings. The first-order valence-electron chi connectivity index (χ1n) is 10.7. The zero-order valence-electron chi connectivity index (χ0n) is 20.3. The van der Waals surface area contributed by atoms with E-state index in [1.807, 2.05) is 36.4 Å². The van der Waals surface area contributed by atoms with Gasteiger partial charge in [0.15, 0.2) is 10.9 Å². The van der Waals surface area contributed by atoms with Crippen molar-refractivity contribution in [3.8, 4) is 5.75 Å². The van der Waals surface area contributed by atoms with Gasteiger partial charge in [-0.15, -0.1) is 0 Å². The number of carbonyl (C=O) groups is 3. The summed E-state index contributed by atoms with van der Waals surface area (Å²) in [5.74, 6) is 1.95. The van der Waals surface area contributed by atoms with Crippen molar-refractivity contribution in [2.75, 3.05) is 24.3 Å². The van der Waals surface area contributed by atoms with Crippen LogP contribution in [-0.2, 0) is 14.4 Å². The summed E-state index contributed by atoms with van der Waals surface area (Å²) in [6.45, 7) is 12.4. The summed E-state index contributed by atoms with van der Waals surface area (Å²) in [5.41, 5.74) is 1.51. The lowest BCUT2D eigenvalue weighted by atomic mass is 10.1. The van der Waals surface area contributed by atoms with Gasteiger partial charge in [0.05, 0.1) is 6.42 Å². The van der Waals surface area contributed by atoms with Crippen LogP contribution in [-0.4, -0.2) is 45.9 Å². The fourth-order valence-corrected chi connectivity index (χ4v) is 5.04. The Morgan fingerprint density at radius 3 is 2.50 bits per heavy atom. The predicted molar refractivity (Wildman–Crippen MR) is 142 cm³/mol. The Bertz CT molecular complexity index is 877. The molecule has 1 aromatic carbocycles. The average Bonchev–Trinajstić information content (AvgIpc) is 2.70. The molecule has 0 aromatic heterocycles. The molecule has 0 radical (unpaired) electrons. The van der Waals surface area contributed by atoms with Crippen molar-refractivity contribution in [1.29, 1.82) is 0 Å². The van der Waals surface area contributed by atoms with Gasteiger partial charge in [-0.05, 0) is 57.2 Å². The van der Waals surface area contributed by atoms with Crippen molar-refractivity contribution < 1.29 is 20.0 Å². The molecule has 0 heterocycles. The van der Waals surface area contributed by atoms with E-state index in [1.54, 1.807) is 13.0 Å². The van der Waals surface area contributed by atoms with E-state index >= 15 is 0 Å². The fourth-order valence-electron chi connectivity index (χ4n) is 2.61. The van der Waals surface area contributed by atoms with Gasteiger partial charge in [-0.2, -0.15) is 0 Å². The number of ketones is 1. The van der Waals surface area contributed by atoms with Gasteiger partial charge in [0.2, 0.25) is 5.91 Å². The third-order valence-electron chi connectivity index (χ3n) is 5.10. The van der Waals surface area contributed by atoms with Crippen LogP contribution in [0.2, 0.25) is 0 Å². The van der Waals surface area contributed by atoms with Crippen molar-refractivity contribution in [3.05, 3.63) is 47.6 Å². The molecule has 1 rings (SSSR count). The van der Waals surface area contributed by atoms with Crippen LogP contribution in [0.4, 0.5) is 0 Å². The number of Topliss-reactive ketones (excluding diaryl/α,β-unsaturated/α-hetero) is 1. The fraction of sp³-hybridized carbons (Fsp3) is 0.480. The van der Waals surface area contributed by atoms with Crippen LogP contribution < -0.4 is 9.50 Å². The Balaban J connectivity index is 0.0000102. The van der Waals surface area contributed by atoms with Crippen LogP contribution in [0.15, 0.2) is 42.0 Å². The highest BCUT2D eigenvalue weighted by Crippen LogP contribution is 2.56. The number of allylic oxidation sites excluding steroid dienone is 3. The number of nitrogens with one attached hydrogen (secondary N) is 1. The maximum atomic E-state index is 12.3. The lowest BCUT2D eigenvalue weighted by Gasteiger charge is -2.46. The minimum Gasteiger partial charge on any atom is -0.449 e. The second kappa shape index (κ2) is 12.9. The van der Waals surface area contributed by atoms with E-state index in [0.29, 0.717) is 17.9 Å². The van der Waals surface area contributed by atoms with Crippen molar-refractivity contribution >= 4 is 45.0 Å². The topological polar surface area (TPSA) is 72.5 Å². The van der Waals surface area contributed by atoms with Crippen molar-refractivity contribution in [1.82, 2.24) is 5.32 Å². The third-order valence-corrected chi connectivity index (χ3v) is 10.2. The van der Waals surface area contributed by atoms with Crippen LogP contribution in [0.1, 0.15) is 55.0 Å². The Hall–Kier alpha value is -1.99. The predicted octanol–water partition coefficient (Wildman–Crippen LogP) is 5.79. The monoisotopic (exact) mass is 481 g/mol. The van der Waals surface area contributed by atoms with Crippen LogP contribution >= 0.6 is 22.1 Å². The normalized spacial score (nSPS) is 15.2. The summed E-state index contributed by atoms with van der Waals surface area (Å²) in [4.78, 5) is 35.0. The van der Waals surface area contributed by atoms with E-state index in [9.17, 15) is 14.4 Å². The van der Waals surface area contributed by atoms with E-state index in [4.69, 9.17) is 4.18 Å². The maximum absolute atomic E-state index is 12.3. The molecule has 1 amide bonds. The molecule has 0 bridgehead atoms. The minimum absolute atomic E-state index is 0. The molecule has 180 valence electrons. The number of hydrogen-bond donors (Lipinski definition) is 1. The molecule has 1 atom stereocenters. The quantitative estimate of drug-likeness (QED) is 0.187. The molecule has 5 nitrogen and oxygen atoms in total. The van der Waals surface area contributed by atoms with E-state index in [2.05, 4.69) is 39.3 Å². The molecule has 1 N–H and O–H groups in total. The molecule has 7 heteroatoms. The van der Waals surface area contributed by atoms with Crippen LogP contribution in [0, 0.1) is 0 Å². The van der Waals surface area contributed by atoms with Crippen molar-refractivity contribution in [3.63, 3.8) is 0 Å². The summed E-state index contributed by atoms with van der Waals surface area (Å²) in [5, 5.41) is 2.43. The molecule has 1 aromatic rings. The SMILES string of the molecule is CCS(C)(Oc1cccc(/C=C/C=C(\C)C(=O)CC(=O)SCCNC(C)=O)c1)C(C)(C)C.[HH]. The van der Waals surface area contributed by atoms with Gasteiger partial charge in [0.1, 0.15) is 5.75 Å². The van der Waals surface area contributed by atoms with E-state index in [0.717, 1.165) is 28.8 Å². The number of amides is 1. The van der Waals surface area contributed by atoms with Gasteiger partial charge in [-0.1, -0.05) is 59.4 Å². The van der Waals surface area contributed by atoms with Crippen LogP contribution in [0.3, 0.4) is 0 Å². The Kier molecular flexibility index (Phi) is 11.3. The smallest absolute Gasteiger partial charge is 0.216 e. The summed E-state index contributed by atoms with van der Waals surface area (Å²) >= 11 is 1.06. The van der Waals surface area contributed by atoms with Crippen molar-refractivity contribution in [2.24, 2.45) is 0 Å². The first-order chi connectivity index (χ1) is 14.9. The Morgan fingerprint density at radius 1 is 1.22 bits per heavy atom. The average molecular weight is 482 g/mol. The van der Waals surface area contributed by atoms with Gasteiger partial charge in [0.25, 0.3) is 0 Å². The highest BCUT2D eigenvalue weighted by Gasteiger charge is 2.33. The van der Waals surface area contributed by atoms with Gasteiger partial charge in [0, 0.05) is 31.1 Å². The zero-order chi connectivity index (χ0) is 24.4. The van der Waals surface area contributed by atoms with Gasteiger partial charge in [-0.3, -0.25) is 14.4 Å². The lowest BCUT2D eigenvalue weighted by molar-refractivity contribution is -0.121. The van der Waals surface area contributed by atoms with Gasteiger partial charge in [-0.25, -0.2) is 0 Å². The lowest BCUT2D eigenvalue weighted by Crippen LogP contribution is -2.29. The zero-order valence-corrected chi connectivity index (χ0v) is 22.0. The molecule has 32 heavy (non-hydrogen) atoms. The van der Waals surface area contributed by atoms with E-state index in [-0.39, 0.29) is 29.4 Å². The van der Waals surface area contributed by atoms with E-state index in [1.165, 1.54) is 6.92 Å². The molecule has 0 aliphatic rings. The molecule has 0 saturated heterocycles. The maximum Gasteiger partial charge on any atom is 0.216 e. The molecule has 1 unspecified atom stereocenters. The molecular weight excluding hydrogens is 442 g/mol. The highest BCUT2D eigenvalue weighted by molar-refractivity contribution is 8.30. The van der Waals surface area contributed by atoms with E-state index < -0.39 is 10.3 Å². The third kappa shape index (κ3) is 9.65. The molecular formula is C25H39NO4S2. The van der Waals surface area contributed by atoms with Crippen LogP contribution in [0.5, 0.6) is 5.75 Å². The number of carbonyl (C=O) groups excluding carboxylic acids is 3. The highest BCUT2D eigenvalue weighted by atomic mass is 32.3. The first kappa shape index (κ1) is 28.0. The number of benzene rings is 1. The van der Waals surface area contributed by atoms with Crippen LogP contribution in [0.25, 0.3) is 6.08 Å². The second-order valence-corrected chi connectivity index (χ2v) is 13.7. The number of thioether (sulfide) groups is 1. The summed E-state index contributed by atoms with van der Waals surface area (Å²) in [6, 6.07) is 7.93. The summed E-state index contributed by atoms with van der Waals surface area (Å²) in [6.07, 6.45) is 7.53. The molecule has 0 aliphatic carbocycles. The Morgan fingerprint density at radius 2 is 1.91 bits per heavy atom. The second-order valence-electron chi connectivity index (χ2n) is 8.57. The number of rotatable bonds is 11. The summed E-state index contributed by atoms with van der Waals surface area (Å²) in [7, 11) is -1.27. The Labute approximate surface area is 200 Å². The molecule has 0 spiro atoms. The summed E-state index contributed by atoms with van der Waals surface area (Å²) < 4.78 is 6.51. The van der Waals surface area contributed by atoms with Gasteiger partial charge < -0.3 is 9.50 Å². The number of hydrogen-bond acceptors (Lipinski definition) is 5. The largest absolute Gasteiger partial charge is 0.449 e. The molecule has 0 aliphatic heterocycles. The van der Waals surface area contributed by atoms with Gasteiger partial charge >= 0.3 is 0 Å². The standard InChI is InChI=1S/C25H37NO4S2.H2/c1-8-32(7,25(4,5)6)30-22-14-10-13-21(17-22)12-9-11-19(2)23(28)18-24(29)31-16-15-26-20(3)27;/h9-14,17H,8,15-16,18H2,1-7H3,(H,26,27);1H/b12-9+,19-11+;.